The molecule has 0 amide bonds. The molecule has 0 aromatic carbocycles. The van der Waals surface area contributed by atoms with Crippen LogP contribution in [0.2, 0.25) is 0 Å². The highest BCUT2D eigenvalue weighted by atomic mass is 19.1. The van der Waals surface area contributed by atoms with Crippen LogP contribution < -0.4 is 5.73 Å². The summed E-state index contributed by atoms with van der Waals surface area (Å²) in [5.41, 5.74) is 4.12. The lowest BCUT2D eigenvalue weighted by molar-refractivity contribution is -0.0211. The topological polar surface area (TPSA) is 29.3 Å². The summed E-state index contributed by atoms with van der Waals surface area (Å²) in [6.45, 7) is 4.19. The van der Waals surface area contributed by atoms with Gasteiger partial charge >= 0.3 is 0 Å². The fourth-order valence-corrected chi connectivity index (χ4v) is 1.11. The molecular weight excluding hydrogens is 119 g/mol. The first-order valence-electron chi connectivity index (χ1n) is 3.31. The molecule has 1 aliphatic heterocycles. The Balaban J connectivity index is 2.24. The van der Waals surface area contributed by atoms with E-state index in [4.69, 9.17) is 5.73 Å². The Morgan fingerprint density at radius 3 is 2.56 bits per heavy atom. The summed E-state index contributed by atoms with van der Waals surface area (Å²) in [7, 11) is 0. The predicted octanol–water partition coefficient (Wildman–Crippen LogP) is -0.0111. The lowest BCUT2D eigenvalue weighted by Crippen LogP contribution is -2.62. The van der Waals surface area contributed by atoms with E-state index in [0.29, 0.717) is 13.1 Å². The van der Waals surface area contributed by atoms with Crippen LogP contribution >= 0.6 is 0 Å². The van der Waals surface area contributed by atoms with Crippen LogP contribution in [-0.4, -0.2) is 36.7 Å². The second-order valence-corrected chi connectivity index (χ2v) is 2.66. The zero-order chi connectivity index (χ0) is 6.91. The first kappa shape index (κ1) is 6.96. The SMILES string of the molecule is CCN1CC(F)(CN)C1. The van der Waals surface area contributed by atoms with Gasteiger partial charge in [-0.1, -0.05) is 6.92 Å². The largest absolute Gasteiger partial charge is 0.327 e. The van der Waals surface area contributed by atoms with E-state index in [9.17, 15) is 4.39 Å². The summed E-state index contributed by atoms with van der Waals surface area (Å²) >= 11 is 0. The van der Waals surface area contributed by atoms with Crippen molar-refractivity contribution in [1.29, 1.82) is 0 Å². The van der Waals surface area contributed by atoms with Gasteiger partial charge < -0.3 is 5.73 Å². The highest BCUT2D eigenvalue weighted by molar-refractivity contribution is 4.96. The van der Waals surface area contributed by atoms with Gasteiger partial charge in [-0.15, -0.1) is 0 Å². The van der Waals surface area contributed by atoms with Gasteiger partial charge in [0.2, 0.25) is 0 Å². The maximum Gasteiger partial charge on any atom is 0.148 e. The number of nitrogens with zero attached hydrogens (tertiary/aromatic N) is 1. The zero-order valence-electron chi connectivity index (χ0n) is 5.73. The van der Waals surface area contributed by atoms with E-state index >= 15 is 0 Å². The summed E-state index contributed by atoms with van der Waals surface area (Å²) in [4.78, 5) is 2.03. The minimum atomic E-state index is -1.06. The molecule has 0 bridgehead atoms. The molecule has 3 heteroatoms. The van der Waals surface area contributed by atoms with Gasteiger partial charge in [-0.25, -0.2) is 4.39 Å². The lowest BCUT2D eigenvalue weighted by atomic mass is 9.97. The molecule has 2 nitrogen and oxygen atoms in total. The molecule has 0 unspecified atom stereocenters. The third kappa shape index (κ3) is 1.22. The van der Waals surface area contributed by atoms with Gasteiger partial charge in [0.15, 0.2) is 0 Å². The standard InChI is InChI=1S/C6H13FN2/c1-2-9-4-6(7,3-8)5-9/h2-5,8H2,1H3. The Morgan fingerprint density at radius 1 is 1.67 bits per heavy atom. The monoisotopic (exact) mass is 132 g/mol. The second kappa shape index (κ2) is 2.23. The molecule has 0 aromatic heterocycles. The number of hydrogen-bond acceptors (Lipinski definition) is 2. The Labute approximate surface area is 54.8 Å². The fourth-order valence-electron chi connectivity index (χ4n) is 1.11. The molecule has 9 heavy (non-hydrogen) atoms. The van der Waals surface area contributed by atoms with Crippen molar-refractivity contribution in [2.45, 2.75) is 12.6 Å². The van der Waals surface area contributed by atoms with Crippen LogP contribution in [0.5, 0.6) is 0 Å². The van der Waals surface area contributed by atoms with Crippen LogP contribution in [-0.2, 0) is 0 Å². The molecule has 1 heterocycles. The zero-order valence-corrected chi connectivity index (χ0v) is 5.73. The smallest absolute Gasteiger partial charge is 0.148 e. The van der Waals surface area contributed by atoms with E-state index < -0.39 is 5.67 Å². The van der Waals surface area contributed by atoms with Crippen molar-refractivity contribution < 1.29 is 4.39 Å². The number of likely N-dealkylation sites (tertiary alicyclic amines) is 1. The minimum Gasteiger partial charge on any atom is -0.327 e. The summed E-state index contributed by atoms with van der Waals surface area (Å²) in [6, 6.07) is 0. The van der Waals surface area contributed by atoms with E-state index in [0.717, 1.165) is 6.54 Å². The van der Waals surface area contributed by atoms with Crippen LogP contribution in [0.25, 0.3) is 0 Å². The molecule has 1 saturated heterocycles. The van der Waals surface area contributed by atoms with Gasteiger partial charge in [0, 0.05) is 19.6 Å². The van der Waals surface area contributed by atoms with Crippen molar-refractivity contribution in [2.24, 2.45) is 5.73 Å². The molecule has 1 fully saturated rings. The quantitative estimate of drug-likeness (QED) is 0.572. The van der Waals surface area contributed by atoms with Crippen molar-refractivity contribution in [3.8, 4) is 0 Å². The Bertz CT molecular complexity index is 99.2. The summed E-state index contributed by atoms with van der Waals surface area (Å²) in [5.74, 6) is 0. The molecular formula is C6H13FN2. The summed E-state index contributed by atoms with van der Waals surface area (Å²) < 4.78 is 12.9. The fraction of sp³-hybridized carbons (Fsp3) is 1.00. The van der Waals surface area contributed by atoms with Gasteiger partial charge in [-0.3, -0.25) is 4.90 Å². The van der Waals surface area contributed by atoms with Crippen LogP contribution in [0.15, 0.2) is 0 Å². The normalized spacial score (nSPS) is 25.7. The average molecular weight is 132 g/mol. The van der Waals surface area contributed by atoms with E-state index in [1.807, 2.05) is 11.8 Å². The van der Waals surface area contributed by atoms with Crippen molar-refractivity contribution in [3.05, 3.63) is 0 Å². The molecule has 0 aromatic rings. The van der Waals surface area contributed by atoms with Crippen molar-refractivity contribution in [1.82, 2.24) is 4.90 Å². The van der Waals surface area contributed by atoms with Crippen molar-refractivity contribution in [2.75, 3.05) is 26.2 Å². The van der Waals surface area contributed by atoms with Gasteiger partial charge in [0.25, 0.3) is 0 Å². The van der Waals surface area contributed by atoms with E-state index in [2.05, 4.69) is 0 Å². The second-order valence-electron chi connectivity index (χ2n) is 2.66. The Hall–Kier alpha value is -0.150. The molecule has 2 N–H and O–H groups in total. The molecule has 0 aliphatic carbocycles. The summed E-state index contributed by atoms with van der Waals surface area (Å²) in [5, 5.41) is 0. The minimum absolute atomic E-state index is 0.170. The summed E-state index contributed by atoms with van der Waals surface area (Å²) in [6.07, 6.45) is 0. The first-order chi connectivity index (χ1) is 4.20. The van der Waals surface area contributed by atoms with Crippen LogP contribution in [0.3, 0.4) is 0 Å². The highest BCUT2D eigenvalue weighted by Gasteiger charge is 2.40. The molecule has 1 rings (SSSR count). The first-order valence-corrected chi connectivity index (χ1v) is 3.31. The molecule has 0 radical (unpaired) electrons. The van der Waals surface area contributed by atoms with E-state index in [1.165, 1.54) is 0 Å². The van der Waals surface area contributed by atoms with Gasteiger partial charge in [0.05, 0.1) is 0 Å². The van der Waals surface area contributed by atoms with Gasteiger partial charge in [-0.05, 0) is 6.54 Å². The van der Waals surface area contributed by atoms with E-state index in [-0.39, 0.29) is 6.54 Å². The molecule has 0 atom stereocenters. The molecule has 0 spiro atoms. The number of rotatable bonds is 2. The lowest BCUT2D eigenvalue weighted by Gasteiger charge is -2.43. The molecule has 0 saturated carbocycles. The third-order valence-electron chi connectivity index (χ3n) is 1.83. The highest BCUT2D eigenvalue weighted by Crippen LogP contribution is 2.22. The van der Waals surface area contributed by atoms with Gasteiger partial charge in [-0.2, -0.15) is 0 Å². The maximum atomic E-state index is 12.9. The number of alkyl halides is 1. The number of halogens is 1. The molecule has 54 valence electrons. The Kier molecular flexibility index (Phi) is 1.73. The van der Waals surface area contributed by atoms with Crippen LogP contribution in [0.1, 0.15) is 6.92 Å². The number of nitrogens with two attached hydrogens (primary N) is 1. The third-order valence-corrected chi connectivity index (χ3v) is 1.83. The predicted molar refractivity (Wildman–Crippen MR) is 35.0 cm³/mol. The van der Waals surface area contributed by atoms with Crippen LogP contribution in [0.4, 0.5) is 4.39 Å². The Morgan fingerprint density at radius 2 is 2.22 bits per heavy atom. The molecule has 1 aliphatic rings. The number of hydrogen-bond donors (Lipinski definition) is 1. The van der Waals surface area contributed by atoms with E-state index in [1.54, 1.807) is 0 Å². The average Bonchev–Trinajstić information content (AvgIpc) is 1.81. The van der Waals surface area contributed by atoms with Crippen LogP contribution in [0, 0.1) is 0 Å². The van der Waals surface area contributed by atoms with Crippen molar-refractivity contribution >= 4 is 0 Å². The van der Waals surface area contributed by atoms with Crippen molar-refractivity contribution in [3.63, 3.8) is 0 Å². The maximum absolute atomic E-state index is 12.9. The van der Waals surface area contributed by atoms with Gasteiger partial charge in [0.1, 0.15) is 5.67 Å².